The van der Waals surface area contributed by atoms with Crippen molar-refractivity contribution >= 4 is 0 Å². The Balaban J connectivity index is 2.16. The molecule has 2 rings (SSSR count). The lowest BCUT2D eigenvalue weighted by atomic mass is 9.99. The Labute approximate surface area is 110 Å². The normalized spacial score (nSPS) is 11.6. The third-order valence-electron chi connectivity index (χ3n) is 3.33. The van der Waals surface area contributed by atoms with Crippen LogP contribution in [0.1, 0.15) is 25.8 Å². The van der Waals surface area contributed by atoms with Gasteiger partial charge >= 0.3 is 0 Å². The summed E-state index contributed by atoms with van der Waals surface area (Å²) in [6.07, 6.45) is 4.46. The molecule has 2 aromatic carbocycles. The van der Waals surface area contributed by atoms with Crippen molar-refractivity contribution in [2.75, 3.05) is 0 Å². The first kappa shape index (κ1) is 12.6. The molecule has 18 heavy (non-hydrogen) atoms. The predicted molar refractivity (Wildman–Crippen MR) is 79.6 cm³/mol. The minimum absolute atomic E-state index is 1.12. The van der Waals surface area contributed by atoms with Crippen LogP contribution in [0.4, 0.5) is 0 Å². The first-order valence-corrected chi connectivity index (χ1v) is 6.56. The molecule has 0 atom stereocenters. The van der Waals surface area contributed by atoms with E-state index in [1.807, 2.05) is 0 Å². The molecule has 0 fully saturated rings. The zero-order valence-electron chi connectivity index (χ0n) is 11.2. The van der Waals surface area contributed by atoms with Gasteiger partial charge in [0.15, 0.2) is 0 Å². The molecule has 0 aliphatic rings. The zero-order valence-corrected chi connectivity index (χ0v) is 11.2. The van der Waals surface area contributed by atoms with Gasteiger partial charge in [0, 0.05) is 0 Å². The monoisotopic (exact) mass is 236 g/mol. The lowest BCUT2D eigenvalue weighted by Gasteiger charge is -2.06. The fraction of sp³-hybridized carbons (Fsp3) is 0.222. The summed E-state index contributed by atoms with van der Waals surface area (Å²) in [5, 5.41) is 0. The lowest BCUT2D eigenvalue weighted by Crippen LogP contribution is -1.87. The van der Waals surface area contributed by atoms with E-state index in [1.165, 1.54) is 22.3 Å². The van der Waals surface area contributed by atoms with Crippen molar-refractivity contribution in [3.63, 3.8) is 0 Å². The Bertz CT molecular complexity index is 521. The number of hydrogen-bond acceptors (Lipinski definition) is 0. The highest BCUT2D eigenvalue weighted by Crippen LogP contribution is 2.21. The van der Waals surface area contributed by atoms with Gasteiger partial charge in [0.2, 0.25) is 0 Å². The Kier molecular flexibility index (Phi) is 4.35. The number of rotatable bonds is 4. The molecule has 0 amide bonds. The van der Waals surface area contributed by atoms with Crippen molar-refractivity contribution in [1.82, 2.24) is 0 Å². The smallest absolute Gasteiger partial charge is 0.0181 e. The first-order chi connectivity index (χ1) is 8.79. The molecule has 0 heteroatoms. The van der Waals surface area contributed by atoms with E-state index in [0.29, 0.717) is 0 Å². The van der Waals surface area contributed by atoms with Crippen molar-refractivity contribution in [2.45, 2.75) is 26.7 Å². The lowest BCUT2D eigenvalue weighted by molar-refractivity contribution is 0.938. The van der Waals surface area contributed by atoms with E-state index in [-0.39, 0.29) is 0 Å². The number of aryl methyl sites for hydroxylation is 1. The largest absolute Gasteiger partial charge is 0.0887 e. The van der Waals surface area contributed by atoms with E-state index < -0.39 is 0 Å². The second-order valence-corrected chi connectivity index (χ2v) is 4.70. The molecular formula is C18H20. The molecule has 0 saturated carbocycles. The highest BCUT2D eigenvalue weighted by Gasteiger charge is 1.99. The first-order valence-electron chi connectivity index (χ1n) is 6.56. The van der Waals surface area contributed by atoms with Gasteiger partial charge in [-0.3, -0.25) is 0 Å². The zero-order chi connectivity index (χ0) is 12.8. The summed E-state index contributed by atoms with van der Waals surface area (Å²) < 4.78 is 0. The van der Waals surface area contributed by atoms with Gasteiger partial charge in [0.1, 0.15) is 0 Å². The number of benzene rings is 2. The molecule has 0 spiro atoms. The van der Waals surface area contributed by atoms with Crippen LogP contribution in [-0.4, -0.2) is 0 Å². The van der Waals surface area contributed by atoms with Crippen LogP contribution < -0.4 is 0 Å². The van der Waals surface area contributed by atoms with Crippen molar-refractivity contribution < 1.29 is 0 Å². The highest BCUT2D eigenvalue weighted by atomic mass is 14.0. The number of allylic oxidation sites excluding steroid dienone is 2. The summed E-state index contributed by atoms with van der Waals surface area (Å²) >= 11 is 0. The van der Waals surface area contributed by atoms with Gasteiger partial charge in [-0.25, -0.2) is 0 Å². The molecule has 0 unspecified atom stereocenters. The maximum Gasteiger partial charge on any atom is -0.0181 e. The van der Waals surface area contributed by atoms with E-state index in [9.17, 15) is 0 Å². The molecule has 0 radical (unpaired) electrons. The van der Waals surface area contributed by atoms with Crippen molar-refractivity contribution in [3.05, 3.63) is 71.8 Å². The fourth-order valence-corrected chi connectivity index (χ4v) is 2.02. The average molecular weight is 236 g/mol. The molecule has 0 aliphatic carbocycles. The summed E-state index contributed by atoms with van der Waals surface area (Å²) in [6, 6.07) is 19.4. The van der Waals surface area contributed by atoms with E-state index in [0.717, 1.165) is 12.8 Å². The quantitative estimate of drug-likeness (QED) is 0.636. The predicted octanol–water partition coefficient (Wildman–Crippen LogP) is 5.25. The van der Waals surface area contributed by atoms with E-state index in [2.05, 4.69) is 74.5 Å². The minimum atomic E-state index is 1.12. The Morgan fingerprint density at radius 1 is 0.944 bits per heavy atom. The summed E-state index contributed by atoms with van der Waals surface area (Å²) in [7, 11) is 0. The highest BCUT2D eigenvalue weighted by molar-refractivity contribution is 5.63. The Morgan fingerprint density at radius 3 is 2.39 bits per heavy atom. The van der Waals surface area contributed by atoms with Crippen LogP contribution in [0, 0.1) is 0 Å². The van der Waals surface area contributed by atoms with Crippen LogP contribution >= 0.6 is 0 Å². The molecule has 0 N–H and O–H groups in total. The molecule has 0 nitrogen and oxygen atoms in total. The van der Waals surface area contributed by atoms with Gasteiger partial charge in [-0.2, -0.15) is 0 Å². The Hall–Kier alpha value is -1.82. The fourth-order valence-electron chi connectivity index (χ4n) is 2.02. The second kappa shape index (κ2) is 6.20. The maximum absolute atomic E-state index is 2.30. The third-order valence-corrected chi connectivity index (χ3v) is 3.33. The van der Waals surface area contributed by atoms with Crippen LogP contribution in [0.3, 0.4) is 0 Å². The van der Waals surface area contributed by atoms with Gasteiger partial charge in [-0.1, -0.05) is 66.2 Å². The summed E-state index contributed by atoms with van der Waals surface area (Å²) in [5.74, 6) is 0. The molecule has 0 aromatic heterocycles. The van der Waals surface area contributed by atoms with E-state index in [1.54, 1.807) is 0 Å². The van der Waals surface area contributed by atoms with Crippen LogP contribution in [0.2, 0.25) is 0 Å². The van der Waals surface area contributed by atoms with E-state index >= 15 is 0 Å². The average Bonchev–Trinajstić information content (AvgIpc) is 2.46. The third kappa shape index (κ3) is 3.33. The molecular weight excluding hydrogens is 216 g/mol. The Morgan fingerprint density at radius 2 is 1.67 bits per heavy atom. The maximum atomic E-state index is 2.30. The van der Waals surface area contributed by atoms with Gasteiger partial charge < -0.3 is 0 Å². The van der Waals surface area contributed by atoms with Crippen molar-refractivity contribution in [3.8, 4) is 11.1 Å². The molecule has 0 aliphatic heterocycles. The standard InChI is InChI=1S/C18H20/c1-3-15(2)12-13-16-8-7-11-18(14-16)17-9-5-4-6-10-17/h3-11,14H,12-13H2,1-2H3. The van der Waals surface area contributed by atoms with Crippen LogP contribution in [0.25, 0.3) is 11.1 Å². The molecule has 92 valence electrons. The van der Waals surface area contributed by atoms with Crippen molar-refractivity contribution in [1.29, 1.82) is 0 Å². The van der Waals surface area contributed by atoms with Gasteiger partial charge in [0.05, 0.1) is 0 Å². The molecule has 0 bridgehead atoms. The van der Waals surface area contributed by atoms with Gasteiger partial charge in [-0.05, 0) is 43.4 Å². The molecule has 0 heterocycles. The molecule has 2 aromatic rings. The number of hydrogen-bond donors (Lipinski definition) is 0. The topological polar surface area (TPSA) is 0 Å². The molecule has 0 saturated heterocycles. The van der Waals surface area contributed by atoms with Crippen LogP contribution in [0.15, 0.2) is 66.2 Å². The van der Waals surface area contributed by atoms with E-state index in [4.69, 9.17) is 0 Å². The van der Waals surface area contributed by atoms with Gasteiger partial charge in [-0.15, -0.1) is 0 Å². The second-order valence-electron chi connectivity index (χ2n) is 4.70. The van der Waals surface area contributed by atoms with Crippen LogP contribution in [-0.2, 0) is 6.42 Å². The minimum Gasteiger partial charge on any atom is -0.0887 e. The summed E-state index contributed by atoms with van der Waals surface area (Å²) in [4.78, 5) is 0. The summed E-state index contributed by atoms with van der Waals surface area (Å²) in [6.45, 7) is 4.30. The van der Waals surface area contributed by atoms with Gasteiger partial charge in [0.25, 0.3) is 0 Å². The SMILES string of the molecule is CC=C(C)CCc1cccc(-c2ccccc2)c1. The van der Waals surface area contributed by atoms with Crippen LogP contribution in [0.5, 0.6) is 0 Å². The van der Waals surface area contributed by atoms with Crippen molar-refractivity contribution in [2.24, 2.45) is 0 Å². The summed E-state index contributed by atoms with van der Waals surface area (Å²) in [5.41, 5.74) is 5.48.